The van der Waals surface area contributed by atoms with Gasteiger partial charge >= 0.3 is 0 Å². The van der Waals surface area contributed by atoms with Gasteiger partial charge in [-0.1, -0.05) is 55.6 Å². The van der Waals surface area contributed by atoms with Crippen LogP contribution in [0.25, 0.3) is 6.08 Å². The molecule has 0 bridgehead atoms. The van der Waals surface area contributed by atoms with Crippen molar-refractivity contribution in [1.82, 2.24) is 5.32 Å². The van der Waals surface area contributed by atoms with Crippen LogP contribution in [0, 0.1) is 13.8 Å². The number of rotatable bonds is 5. The molecule has 1 amide bonds. The van der Waals surface area contributed by atoms with Gasteiger partial charge in [0.05, 0.1) is 20.1 Å². The van der Waals surface area contributed by atoms with Gasteiger partial charge in [-0.2, -0.15) is 0 Å². The minimum Gasteiger partial charge on any atom is -0.486 e. The van der Waals surface area contributed by atoms with Crippen LogP contribution in [0.15, 0.2) is 71.8 Å². The number of aliphatic imine (C=N–C) groups is 1. The summed E-state index contributed by atoms with van der Waals surface area (Å²) in [6.45, 7) is 4.42. The molecule has 3 aromatic carbocycles. The molecule has 3 aromatic rings. The maximum Gasteiger partial charge on any atom is 0.264 e. The van der Waals surface area contributed by atoms with Gasteiger partial charge in [-0.25, -0.2) is 4.99 Å². The van der Waals surface area contributed by atoms with E-state index in [1.165, 1.54) is 11.8 Å². The quantitative estimate of drug-likeness (QED) is 0.274. The summed E-state index contributed by atoms with van der Waals surface area (Å²) in [7, 11) is 0. The SMILES string of the molecule is Cc1cc(N=C2NC(=O)/C(=C/c3cc(Cl)c(OCc4ccc(Br)cc4)c(Br)c3)S2)cc(C)c1Br. The lowest BCUT2D eigenvalue weighted by Gasteiger charge is -2.11. The molecule has 0 aliphatic carbocycles. The van der Waals surface area contributed by atoms with Gasteiger partial charge < -0.3 is 10.1 Å². The minimum atomic E-state index is -0.197. The Bertz CT molecular complexity index is 1290. The summed E-state index contributed by atoms with van der Waals surface area (Å²) in [5, 5.41) is 3.82. The van der Waals surface area contributed by atoms with Crippen molar-refractivity contribution in [3.63, 3.8) is 0 Å². The van der Waals surface area contributed by atoms with Crippen molar-refractivity contribution in [3.8, 4) is 5.75 Å². The van der Waals surface area contributed by atoms with Crippen molar-refractivity contribution in [3.05, 3.63) is 94.1 Å². The Kier molecular flexibility index (Phi) is 8.25. The molecule has 0 radical (unpaired) electrons. The molecule has 1 heterocycles. The first-order valence-electron chi connectivity index (χ1n) is 10.1. The number of ether oxygens (including phenoxy) is 1. The molecule has 1 N–H and O–H groups in total. The van der Waals surface area contributed by atoms with Gasteiger partial charge in [0.15, 0.2) is 10.9 Å². The van der Waals surface area contributed by atoms with Crippen LogP contribution in [0.3, 0.4) is 0 Å². The lowest BCUT2D eigenvalue weighted by Crippen LogP contribution is -2.19. The highest BCUT2D eigenvalue weighted by molar-refractivity contribution is 9.11. The summed E-state index contributed by atoms with van der Waals surface area (Å²) >= 11 is 18.3. The Morgan fingerprint density at radius 2 is 1.74 bits per heavy atom. The monoisotopic (exact) mass is 682 g/mol. The molecule has 0 saturated carbocycles. The van der Waals surface area contributed by atoms with Gasteiger partial charge in [0.1, 0.15) is 6.61 Å². The van der Waals surface area contributed by atoms with Crippen LogP contribution >= 0.6 is 71.2 Å². The average Bonchev–Trinajstić information content (AvgIpc) is 3.11. The molecule has 1 saturated heterocycles. The fourth-order valence-corrected chi connectivity index (χ4v) is 5.60. The number of nitrogens with zero attached hydrogens (tertiary/aromatic N) is 1. The highest BCUT2D eigenvalue weighted by atomic mass is 79.9. The highest BCUT2D eigenvalue weighted by Crippen LogP contribution is 2.37. The van der Waals surface area contributed by atoms with Crippen LogP contribution in [0.2, 0.25) is 5.02 Å². The van der Waals surface area contributed by atoms with E-state index in [1.807, 2.05) is 56.3 Å². The van der Waals surface area contributed by atoms with Gasteiger partial charge in [0.25, 0.3) is 5.91 Å². The van der Waals surface area contributed by atoms with Crippen molar-refractivity contribution in [1.29, 1.82) is 0 Å². The third kappa shape index (κ3) is 6.15. The number of benzene rings is 3. The zero-order chi connectivity index (χ0) is 24.4. The van der Waals surface area contributed by atoms with Crippen LogP contribution in [-0.4, -0.2) is 11.1 Å². The summed E-state index contributed by atoms with van der Waals surface area (Å²) < 4.78 is 8.71. The Balaban J connectivity index is 1.51. The molecule has 0 unspecified atom stereocenters. The number of aryl methyl sites for hydroxylation is 2. The Morgan fingerprint density at radius 1 is 1.06 bits per heavy atom. The minimum absolute atomic E-state index is 0.197. The maximum atomic E-state index is 12.5. The van der Waals surface area contributed by atoms with E-state index in [2.05, 4.69) is 58.1 Å². The fraction of sp³-hybridized carbons (Fsp3) is 0.120. The van der Waals surface area contributed by atoms with E-state index in [4.69, 9.17) is 16.3 Å². The number of hydrogen-bond acceptors (Lipinski definition) is 4. The lowest BCUT2D eigenvalue weighted by molar-refractivity contribution is -0.115. The van der Waals surface area contributed by atoms with Crippen molar-refractivity contribution >= 4 is 94.0 Å². The number of carbonyl (C=O) groups is 1. The maximum absolute atomic E-state index is 12.5. The number of hydrogen-bond donors (Lipinski definition) is 1. The molecular formula is C25H18Br3ClN2O2S. The molecule has 1 aliphatic heterocycles. The normalized spacial score (nSPS) is 15.8. The first kappa shape index (κ1) is 25.5. The summed E-state index contributed by atoms with van der Waals surface area (Å²) in [6.07, 6.45) is 1.79. The number of amidine groups is 1. The van der Waals surface area contributed by atoms with Crippen LogP contribution in [0.5, 0.6) is 5.75 Å². The van der Waals surface area contributed by atoms with E-state index < -0.39 is 0 Å². The van der Waals surface area contributed by atoms with Crippen LogP contribution in [0.1, 0.15) is 22.3 Å². The fourth-order valence-electron chi connectivity index (χ4n) is 3.27. The molecule has 0 atom stereocenters. The molecule has 0 spiro atoms. The Hall–Kier alpha value is -1.58. The van der Waals surface area contributed by atoms with Gasteiger partial charge in [-0.15, -0.1) is 0 Å². The predicted molar refractivity (Wildman–Crippen MR) is 152 cm³/mol. The molecule has 4 rings (SSSR count). The van der Waals surface area contributed by atoms with E-state index in [-0.39, 0.29) is 5.91 Å². The Labute approximate surface area is 232 Å². The second kappa shape index (κ2) is 11.0. The second-order valence-electron chi connectivity index (χ2n) is 7.60. The van der Waals surface area contributed by atoms with E-state index in [1.54, 1.807) is 12.1 Å². The van der Waals surface area contributed by atoms with Crippen LogP contribution in [-0.2, 0) is 11.4 Å². The molecule has 0 aromatic heterocycles. The molecule has 1 fully saturated rings. The highest BCUT2D eigenvalue weighted by Gasteiger charge is 2.24. The number of carbonyl (C=O) groups excluding carboxylic acids is 1. The van der Waals surface area contributed by atoms with Crippen molar-refractivity contribution in [2.45, 2.75) is 20.5 Å². The zero-order valence-electron chi connectivity index (χ0n) is 18.1. The van der Waals surface area contributed by atoms with Gasteiger partial charge in [0, 0.05) is 8.95 Å². The van der Waals surface area contributed by atoms with Crippen molar-refractivity contribution < 1.29 is 9.53 Å². The summed E-state index contributed by atoms with van der Waals surface area (Å²) in [5.41, 5.74) is 4.78. The van der Waals surface area contributed by atoms with E-state index in [0.29, 0.717) is 31.9 Å². The number of thioether (sulfide) groups is 1. The standard InChI is InChI=1S/C25H18Br3ClN2O2S/c1-13-7-18(8-14(2)22(13)28)30-25-31-24(32)21(34-25)11-16-9-19(27)23(20(29)10-16)33-12-15-3-5-17(26)6-4-15/h3-11H,12H2,1-2H3,(H,30,31,32)/b21-11-. The van der Waals surface area contributed by atoms with Crippen molar-refractivity contribution in [2.24, 2.45) is 4.99 Å². The van der Waals surface area contributed by atoms with E-state index in [0.717, 1.165) is 36.9 Å². The number of amides is 1. The summed E-state index contributed by atoms with van der Waals surface area (Å²) in [4.78, 5) is 17.7. The van der Waals surface area contributed by atoms with Gasteiger partial charge in [0.2, 0.25) is 0 Å². The molecule has 4 nitrogen and oxygen atoms in total. The smallest absolute Gasteiger partial charge is 0.264 e. The van der Waals surface area contributed by atoms with Gasteiger partial charge in [-0.05, 0) is 106 Å². The molecule has 34 heavy (non-hydrogen) atoms. The first-order chi connectivity index (χ1) is 16.2. The van der Waals surface area contributed by atoms with Crippen molar-refractivity contribution in [2.75, 3.05) is 0 Å². The number of halogens is 4. The third-order valence-corrected chi connectivity index (χ3v) is 8.48. The predicted octanol–water partition coefficient (Wildman–Crippen LogP) is 8.71. The summed E-state index contributed by atoms with van der Waals surface area (Å²) in [6, 6.07) is 15.5. The number of nitrogens with one attached hydrogen (secondary N) is 1. The zero-order valence-corrected chi connectivity index (χ0v) is 24.4. The van der Waals surface area contributed by atoms with Crippen LogP contribution in [0.4, 0.5) is 5.69 Å². The van der Waals surface area contributed by atoms with Crippen LogP contribution < -0.4 is 10.1 Å². The molecule has 174 valence electrons. The van der Waals surface area contributed by atoms with E-state index >= 15 is 0 Å². The van der Waals surface area contributed by atoms with Gasteiger partial charge in [-0.3, -0.25) is 4.79 Å². The molecule has 1 aliphatic rings. The largest absolute Gasteiger partial charge is 0.486 e. The lowest BCUT2D eigenvalue weighted by atomic mass is 10.1. The Morgan fingerprint density at radius 3 is 2.38 bits per heavy atom. The first-order valence-corrected chi connectivity index (χ1v) is 13.7. The second-order valence-corrected chi connectivity index (χ2v) is 11.6. The summed E-state index contributed by atoms with van der Waals surface area (Å²) in [5.74, 6) is 0.357. The molecular weight excluding hydrogens is 668 g/mol. The topological polar surface area (TPSA) is 50.7 Å². The third-order valence-electron chi connectivity index (χ3n) is 4.92. The van der Waals surface area contributed by atoms with E-state index in [9.17, 15) is 4.79 Å². The molecule has 9 heteroatoms. The average molecular weight is 686 g/mol.